The van der Waals surface area contributed by atoms with Gasteiger partial charge in [0, 0.05) is 11.4 Å². The van der Waals surface area contributed by atoms with Gasteiger partial charge in [-0.1, -0.05) is 12.1 Å². The van der Waals surface area contributed by atoms with Crippen LogP contribution >= 0.6 is 0 Å². The van der Waals surface area contributed by atoms with E-state index < -0.39 is 0 Å². The molecule has 90 valence electrons. The summed E-state index contributed by atoms with van der Waals surface area (Å²) in [5, 5.41) is 0. The molecule has 0 radical (unpaired) electrons. The van der Waals surface area contributed by atoms with Crippen molar-refractivity contribution in [2.75, 3.05) is 7.11 Å². The van der Waals surface area contributed by atoms with E-state index in [2.05, 4.69) is 49.6 Å². The van der Waals surface area contributed by atoms with Gasteiger partial charge in [0.05, 0.1) is 13.2 Å². The zero-order valence-corrected chi connectivity index (χ0v) is 10.9. The number of aromatic nitrogens is 1. The Labute approximate surface area is 103 Å². The Morgan fingerprint density at radius 1 is 0.941 bits per heavy atom. The van der Waals surface area contributed by atoms with Crippen molar-refractivity contribution < 1.29 is 4.74 Å². The highest BCUT2D eigenvalue weighted by atomic mass is 16.5. The van der Waals surface area contributed by atoms with Crippen molar-refractivity contribution in [2.45, 2.75) is 26.8 Å². The molecule has 2 heteroatoms. The fourth-order valence-corrected chi connectivity index (χ4v) is 2.32. The van der Waals surface area contributed by atoms with Gasteiger partial charge in [0.1, 0.15) is 5.75 Å². The van der Waals surface area contributed by atoms with Crippen LogP contribution in [0.3, 0.4) is 0 Å². The van der Waals surface area contributed by atoms with E-state index in [-0.39, 0.29) is 0 Å². The van der Waals surface area contributed by atoms with E-state index >= 15 is 0 Å². The molecule has 0 aliphatic heterocycles. The van der Waals surface area contributed by atoms with Crippen LogP contribution in [0.15, 0.2) is 36.4 Å². The normalized spacial score (nSPS) is 12.5. The molecule has 0 aliphatic rings. The fourth-order valence-electron chi connectivity index (χ4n) is 2.32. The minimum Gasteiger partial charge on any atom is -0.497 e. The van der Waals surface area contributed by atoms with Crippen LogP contribution in [0.2, 0.25) is 0 Å². The second-order valence-electron chi connectivity index (χ2n) is 4.44. The number of methoxy groups -OCH3 is 1. The van der Waals surface area contributed by atoms with Crippen molar-refractivity contribution in [1.82, 2.24) is 4.57 Å². The maximum atomic E-state index is 5.18. The van der Waals surface area contributed by atoms with E-state index in [1.807, 2.05) is 12.1 Å². The molecule has 1 heterocycles. The monoisotopic (exact) mass is 229 g/mol. The Kier molecular flexibility index (Phi) is 3.23. The van der Waals surface area contributed by atoms with Gasteiger partial charge in [0.15, 0.2) is 0 Å². The smallest absolute Gasteiger partial charge is 0.118 e. The lowest BCUT2D eigenvalue weighted by Gasteiger charge is -2.19. The lowest BCUT2D eigenvalue weighted by molar-refractivity contribution is 0.414. The molecule has 2 aromatic rings. The first-order valence-corrected chi connectivity index (χ1v) is 5.92. The largest absolute Gasteiger partial charge is 0.497 e. The fraction of sp³-hybridized carbons (Fsp3) is 0.333. The minimum absolute atomic E-state index is 0.357. The van der Waals surface area contributed by atoms with Crippen LogP contribution in [-0.4, -0.2) is 11.7 Å². The van der Waals surface area contributed by atoms with E-state index in [9.17, 15) is 0 Å². The average molecular weight is 229 g/mol. The molecule has 0 N–H and O–H groups in total. The van der Waals surface area contributed by atoms with Gasteiger partial charge < -0.3 is 9.30 Å². The molecule has 1 unspecified atom stereocenters. The molecule has 1 aromatic carbocycles. The Balaban J connectivity index is 2.33. The summed E-state index contributed by atoms with van der Waals surface area (Å²) >= 11 is 0. The maximum Gasteiger partial charge on any atom is 0.118 e. The Bertz CT molecular complexity index is 477. The van der Waals surface area contributed by atoms with Crippen molar-refractivity contribution in [3.8, 4) is 5.75 Å². The van der Waals surface area contributed by atoms with Gasteiger partial charge in [-0.05, 0) is 50.6 Å². The van der Waals surface area contributed by atoms with Gasteiger partial charge in [-0.3, -0.25) is 0 Å². The Hall–Kier alpha value is -1.70. The molecular weight excluding hydrogens is 210 g/mol. The van der Waals surface area contributed by atoms with Crippen LogP contribution < -0.4 is 4.74 Å². The third kappa shape index (κ3) is 2.21. The van der Waals surface area contributed by atoms with Crippen LogP contribution in [0.4, 0.5) is 0 Å². The summed E-state index contributed by atoms with van der Waals surface area (Å²) in [4.78, 5) is 0. The summed E-state index contributed by atoms with van der Waals surface area (Å²) in [5.41, 5.74) is 3.89. The van der Waals surface area contributed by atoms with Crippen LogP contribution in [0.1, 0.15) is 29.9 Å². The number of ether oxygens (including phenoxy) is 1. The Morgan fingerprint density at radius 2 is 1.47 bits per heavy atom. The van der Waals surface area contributed by atoms with Gasteiger partial charge in [0.25, 0.3) is 0 Å². The Morgan fingerprint density at radius 3 is 1.94 bits per heavy atom. The molecule has 2 nitrogen and oxygen atoms in total. The van der Waals surface area contributed by atoms with Crippen molar-refractivity contribution in [3.05, 3.63) is 53.3 Å². The highest BCUT2D eigenvalue weighted by Crippen LogP contribution is 2.24. The lowest BCUT2D eigenvalue weighted by Crippen LogP contribution is -2.09. The first-order valence-electron chi connectivity index (χ1n) is 5.92. The molecule has 0 spiro atoms. The second-order valence-corrected chi connectivity index (χ2v) is 4.44. The molecule has 0 amide bonds. The van der Waals surface area contributed by atoms with E-state index in [1.165, 1.54) is 17.0 Å². The molecule has 0 saturated carbocycles. The zero-order valence-electron chi connectivity index (χ0n) is 10.9. The summed E-state index contributed by atoms with van der Waals surface area (Å²) < 4.78 is 7.53. The molecule has 2 rings (SSSR count). The summed E-state index contributed by atoms with van der Waals surface area (Å²) in [7, 11) is 1.69. The van der Waals surface area contributed by atoms with Crippen molar-refractivity contribution in [2.24, 2.45) is 0 Å². The zero-order chi connectivity index (χ0) is 12.4. The first-order chi connectivity index (χ1) is 8.13. The topological polar surface area (TPSA) is 14.2 Å². The van der Waals surface area contributed by atoms with Crippen LogP contribution in [0, 0.1) is 13.8 Å². The molecule has 0 bridgehead atoms. The van der Waals surface area contributed by atoms with Gasteiger partial charge in [0.2, 0.25) is 0 Å². The number of nitrogens with zero attached hydrogens (tertiary/aromatic N) is 1. The molecule has 0 fully saturated rings. The quantitative estimate of drug-likeness (QED) is 0.782. The van der Waals surface area contributed by atoms with Crippen LogP contribution in [0.25, 0.3) is 0 Å². The number of aryl methyl sites for hydroxylation is 2. The molecule has 0 saturated heterocycles. The lowest BCUT2D eigenvalue weighted by atomic mass is 10.1. The van der Waals surface area contributed by atoms with Crippen molar-refractivity contribution in [1.29, 1.82) is 0 Å². The van der Waals surface area contributed by atoms with E-state index in [1.54, 1.807) is 7.11 Å². The molecular formula is C15H19NO. The molecule has 0 aliphatic carbocycles. The predicted octanol–water partition coefficient (Wildman–Crippen LogP) is 3.72. The molecule has 1 aromatic heterocycles. The van der Waals surface area contributed by atoms with Crippen molar-refractivity contribution in [3.63, 3.8) is 0 Å². The number of hydrogen-bond acceptors (Lipinski definition) is 1. The maximum absolute atomic E-state index is 5.18. The molecule has 17 heavy (non-hydrogen) atoms. The average Bonchev–Trinajstić information content (AvgIpc) is 2.68. The number of hydrogen-bond donors (Lipinski definition) is 0. The summed E-state index contributed by atoms with van der Waals surface area (Å²) in [6.07, 6.45) is 0. The van der Waals surface area contributed by atoms with E-state index in [0.29, 0.717) is 6.04 Å². The summed E-state index contributed by atoms with van der Waals surface area (Å²) in [6.45, 7) is 6.52. The summed E-state index contributed by atoms with van der Waals surface area (Å²) in [5.74, 6) is 0.905. The van der Waals surface area contributed by atoms with Gasteiger partial charge in [-0.15, -0.1) is 0 Å². The van der Waals surface area contributed by atoms with E-state index in [4.69, 9.17) is 4.74 Å². The third-order valence-corrected chi connectivity index (χ3v) is 3.31. The van der Waals surface area contributed by atoms with Gasteiger partial charge in [-0.2, -0.15) is 0 Å². The highest BCUT2D eigenvalue weighted by Gasteiger charge is 2.11. The van der Waals surface area contributed by atoms with Gasteiger partial charge in [-0.25, -0.2) is 0 Å². The highest BCUT2D eigenvalue weighted by molar-refractivity contribution is 5.30. The number of benzene rings is 1. The SMILES string of the molecule is COc1ccc(C(C)n2c(C)ccc2C)cc1. The predicted molar refractivity (Wildman–Crippen MR) is 70.7 cm³/mol. The first kappa shape index (κ1) is 11.8. The van der Waals surface area contributed by atoms with Crippen molar-refractivity contribution >= 4 is 0 Å². The third-order valence-electron chi connectivity index (χ3n) is 3.31. The van der Waals surface area contributed by atoms with Gasteiger partial charge >= 0.3 is 0 Å². The van der Waals surface area contributed by atoms with Crippen LogP contribution in [0.5, 0.6) is 5.75 Å². The second kappa shape index (κ2) is 4.66. The van der Waals surface area contributed by atoms with Crippen LogP contribution in [-0.2, 0) is 0 Å². The minimum atomic E-state index is 0.357. The number of rotatable bonds is 3. The summed E-state index contributed by atoms with van der Waals surface area (Å²) in [6, 6.07) is 13.0. The molecule has 1 atom stereocenters. The standard InChI is InChI=1S/C15H19NO/c1-11-5-6-12(2)16(11)13(3)14-7-9-15(17-4)10-8-14/h5-10,13H,1-4H3. The van der Waals surface area contributed by atoms with E-state index in [0.717, 1.165) is 5.75 Å².